The van der Waals surface area contributed by atoms with E-state index in [1.54, 1.807) is 0 Å². The van der Waals surface area contributed by atoms with Crippen LogP contribution < -0.4 is 10.2 Å². The molecule has 0 unspecified atom stereocenters. The van der Waals surface area contributed by atoms with E-state index in [1.165, 1.54) is 49.6 Å². The zero-order chi connectivity index (χ0) is 24.5. The fraction of sp³-hybridized carbons (Fsp3) is 0.500. The number of anilines is 3. The zero-order valence-electron chi connectivity index (χ0n) is 21.4. The molecule has 1 saturated carbocycles. The van der Waals surface area contributed by atoms with Gasteiger partial charge in [0.25, 0.3) is 0 Å². The number of piperidine rings is 1. The molecular weight excluding hydrogens is 448 g/mol. The van der Waals surface area contributed by atoms with Crippen LogP contribution in [-0.4, -0.2) is 61.6 Å². The van der Waals surface area contributed by atoms with Crippen molar-refractivity contribution in [2.45, 2.75) is 64.5 Å². The standard InChI is InChI=1S/C28H36N8/c1-3-34(4-2)20-12-15-35(16-13-20)22-9-10-26(30-17-22)32-28-31-18-24-23-11-14-29-19-25(23)36(27(24)33-28)21-7-5-6-8-21/h9-11,14,17-21H,3-8,12-13,15-16H2,1-2H3,(H,30,31,32,33). The Morgan fingerprint density at radius 3 is 2.44 bits per heavy atom. The third-order valence-corrected chi connectivity index (χ3v) is 8.18. The number of nitrogens with one attached hydrogen (secondary N) is 1. The Labute approximate surface area is 212 Å². The first-order chi connectivity index (χ1) is 17.7. The van der Waals surface area contributed by atoms with Crippen molar-refractivity contribution in [3.05, 3.63) is 43.0 Å². The smallest absolute Gasteiger partial charge is 0.230 e. The maximum atomic E-state index is 4.96. The fourth-order valence-electron chi connectivity index (χ4n) is 6.25. The second kappa shape index (κ2) is 10.0. The zero-order valence-corrected chi connectivity index (χ0v) is 21.4. The van der Waals surface area contributed by atoms with Crippen LogP contribution in [0.15, 0.2) is 43.0 Å². The lowest BCUT2D eigenvalue weighted by atomic mass is 10.0. The van der Waals surface area contributed by atoms with E-state index >= 15 is 0 Å². The molecule has 6 rings (SSSR count). The molecule has 2 aliphatic rings. The molecule has 0 spiro atoms. The minimum absolute atomic E-state index is 0.472. The average molecular weight is 485 g/mol. The molecule has 1 N–H and O–H groups in total. The first-order valence-corrected chi connectivity index (χ1v) is 13.6. The van der Waals surface area contributed by atoms with Gasteiger partial charge in [0.2, 0.25) is 5.95 Å². The molecule has 0 radical (unpaired) electrons. The summed E-state index contributed by atoms with van der Waals surface area (Å²) in [6, 6.07) is 7.45. The molecule has 4 aromatic heterocycles. The topological polar surface area (TPSA) is 75.0 Å². The predicted octanol–water partition coefficient (Wildman–Crippen LogP) is 5.54. The lowest BCUT2D eigenvalue weighted by molar-refractivity contribution is 0.186. The van der Waals surface area contributed by atoms with Crippen molar-refractivity contribution in [1.29, 1.82) is 0 Å². The quantitative estimate of drug-likeness (QED) is 0.369. The third kappa shape index (κ3) is 4.28. The maximum Gasteiger partial charge on any atom is 0.230 e. The summed E-state index contributed by atoms with van der Waals surface area (Å²) in [7, 11) is 0. The van der Waals surface area contributed by atoms with Gasteiger partial charge in [0.15, 0.2) is 0 Å². The van der Waals surface area contributed by atoms with Crippen LogP contribution in [0.5, 0.6) is 0 Å². The molecule has 36 heavy (non-hydrogen) atoms. The highest BCUT2D eigenvalue weighted by Gasteiger charge is 2.24. The molecule has 2 fully saturated rings. The van der Waals surface area contributed by atoms with E-state index in [0.29, 0.717) is 18.0 Å². The number of aromatic nitrogens is 5. The van der Waals surface area contributed by atoms with E-state index in [4.69, 9.17) is 9.97 Å². The van der Waals surface area contributed by atoms with E-state index < -0.39 is 0 Å². The van der Waals surface area contributed by atoms with Gasteiger partial charge in [-0.25, -0.2) is 9.97 Å². The van der Waals surface area contributed by atoms with Gasteiger partial charge in [-0.05, 0) is 57.0 Å². The molecule has 4 aromatic rings. The van der Waals surface area contributed by atoms with Crippen molar-refractivity contribution in [3.8, 4) is 0 Å². The van der Waals surface area contributed by atoms with Crippen molar-refractivity contribution in [1.82, 2.24) is 29.4 Å². The molecular formula is C28H36N8. The van der Waals surface area contributed by atoms with E-state index in [1.807, 2.05) is 30.9 Å². The average Bonchev–Trinajstić information content (AvgIpc) is 3.56. The van der Waals surface area contributed by atoms with Gasteiger partial charge in [0.1, 0.15) is 11.5 Å². The predicted molar refractivity (Wildman–Crippen MR) is 146 cm³/mol. The summed E-state index contributed by atoms with van der Waals surface area (Å²) in [5.74, 6) is 1.35. The van der Waals surface area contributed by atoms with Gasteiger partial charge in [-0.2, -0.15) is 4.98 Å². The van der Waals surface area contributed by atoms with E-state index in [2.05, 4.69) is 55.6 Å². The number of hydrogen-bond acceptors (Lipinski definition) is 7. The van der Waals surface area contributed by atoms with Gasteiger partial charge in [-0.15, -0.1) is 0 Å². The first-order valence-electron chi connectivity index (χ1n) is 13.6. The van der Waals surface area contributed by atoms with Crippen molar-refractivity contribution in [3.63, 3.8) is 0 Å². The van der Waals surface area contributed by atoms with Gasteiger partial charge in [-0.3, -0.25) is 4.98 Å². The minimum Gasteiger partial charge on any atom is -0.370 e. The van der Waals surface area contributed by atoms with Crippen molar-refractivity contribution in [2.75, 3.05) is 36.4 Å². The summed E-state index contributed by atoms with van der Waals surface area (Å²) >= 11 is 0. The molecule has 5 heterocycles. The normalized spacial score (nSPS) is 17.6. The van der Waals surface area contributed by atoms with E-state index in [9.17, 15) is 0 Å². The first kappa shape index (κ1) is 23.2. The molecule has 1 aliphatic carbocycles. The molecule has 8 heteroatoms. The van der Waals surface area contributed by atoms with Gasteiger partial charge >= 0.3 is 0 Å². The van der Waals surface area contributed by atoms with Gasteiger partial charge in [0, 0.05) is 48.3 Å². The Balaban J connectivity index is 1.20. The summed E-state index contributed by atoms with van der Waals surface area (Å²) in [5.41, 5.74) is 3.32. The minimum atomic E-state index is 0.472. The van der Waals surface area contributed by atoms with Crippen LogP contribution in [0.1, 0.15) is 58.4 Å². The second-order valence-corrected chi connectivity index (χ2v) is 10.1. The van der Waals surface area contributed by atoms with E-state index in [-0.39, 0.29) is 0 Å². The number of nitrogens with zero attached hydrogens (tertiary/aromatic N) is 7. The number of pyridine rings is 2. The molecule has 188 valence electrons. The van der Waals surface area contributed by atoms with Gasteiger partial charge in [-0.1, -0.05) is 26.7 Å². The fourth-order valence-corrected chi connectivity index (χ4v) is 6.25. The van der Waals surface area contributed by atoms with Crippen molar-refractivity contribution >= 4 is 39.4 Å². The molecule has 8 nitrogen and oxygen atoms in total. The van der Waals surface area contributed by atoms with Gasteiger partial charge < -0.3 is 19.7 Å². The van der Waals surface area contributed by atoms with Gasteiger partial charge in [0.05, 0.1) is 23.6 Å². The third-order valence-electron chi connectivity index (χ3n) is 8.18. The van der Waals surface area contributed by atoms with Crippen molar-refractivity contribution in [2.24, 2.45) is 0 Å². The van der Waals surface area contributed by atoms with Crippen LogP contribution in [0, 0.1) is 0 Å². The highest BCUT2D eigenvalue weighted by molar-refractivity contribution is 6.06. The Bertz CT molecular complexity index is 1310. The van der Waals surface area contributed by atoms with Crippen LogP contribution in [0.4, 0.5) is 17.5 Å². The summed E-state index contributed by atoms with van der Waals surface area (Å²) in [6.07, 6.45) is 15.1. The molecule has 0 bridgehead atoms. The Kier molecular flexibility index (Phi) is 6.44. The van der Waals surface area contributed by atoms with Crippen LogP contribution >= 0.6 is 0 Å². The maximum absolute atomic E-state index is 4.96. The molecule has 0 aromatic carbocycles. The summed E-state index contributed by atoms with van der Waals surface area (Å²) in [4.78, 5) is 23.7. The lowest BCUT2D eigenvalue weighted by Gasteiger charge is -2.38. The summed E-state index contributed by atoms with van der Waals surface area (Å²) < 4.78 is 2.38. The number of hydrogen-bond donors (Lipinski definition) is 1. The Morgan fingerprint density at radius 1 is 0.917 bits per heavy atom. The highest BCUT2D eigenvalue weighted by atomic mass is 15.2. The molecule has 1 aliphatic heterocycles. The Morgan fingerprint density at radius 2 is 1.72 bits per heavy atom. The summed E-state index contributed by atoms with van der Waals surface area (Å²) in [6.45, 7) is 8.95. The summed E-state index contributed by atoms with van der Waals surface area (Å²) in [5, 5.41) is 5.59. The van der Waals surface area contributed by atoms with Crippen LogP contribution in [0.25, 0.3) is 21.9 Å². The molecule has 0 amide bonds. The monoisotopic (exact) mass is 484 g/mol. The number of rotatable bonds is 7. The SMILES string of the molecule is CCN(CC)C1CCN(c2ccc(Nc3ncc4c5ccncc5n(C5CCCC5)c4n3)nc2)CC1. The van der Waals surface area contributed by atoms with E-state index in [0.717, 1.165) is 48.5 Å². The van der Waals surface area contributed by atoms with Crippen LogP contribution in [0.3, 0.4) is 0 Å². The highest BCUT2D eigenvalue weighted by Crippen LogP contribution is 2.37. The largest absolute Gasteiger partial charge is 0.370 e. The number of fused-ring (bicyclic) bond motifs is 3. The Hall–Kier alpha value is -3.26. The second-order valence-electron chi connectivity index (χ2n) is 10.1. The lowest BCUT2D eigenvalue weighted by Crippen LogP contribution is -2.44. The van der Waals surface area contributed by atoms with Crippen molar-refractivity contribution < 1.29 is 0 Å². The molecule has 1 saturated heterocycles. The van der Waals surface area contributed by atoms with Crippen LogP contribution in [0.2, 0.25) is 0 Å². The molecule has 0 atom stereocenters. The van der Waals surface area contributed by atoms with Crippen LogP contribution in [-0.2, 0) is 0 Å².